The van der Waals surface area contributed by atoms with Crippen molar-refractivity contribution in [1.82, 2.24) is 15.5 Å². The monoisotopic (exact) mass is 587 g/mol. The van der Waals surface area contributed by atoms with Crippen LogP contribution in [0.15, 0.2) is 72.8 Å². The molecule has 3 atom stereocenters. The minimum absolute atomic E-state index is 0.0953. The first kappa shape index (κ1) is 33.2. The molecule has 8 nitrogen and oxygen atoms in total. The number of nitrogens with zero attached hydrogens (tertiary/aromatic N) is 1. The summed E-state index contributed by atoms with van der Waals surface area (Å²) in [5.74, 6) is -0.631. The van der Waals surface area contributed by atoms with Gasteiger partial charge in [0, 0.05) is 19.0 Å². The van der Waals surface area contributed by atoms with E-state index in [4.69, 9.17) is 4.74 Å². The Morgan fingerprint density at radius 1 is 0.907 bits per heavy atom. The van der Waals surface area contributed by atoms with E-state index in [1.54, 1.807) is 37.8 Å². The van der Waals surface area contributed by atoms with E-state index in [0.717, 1.165) is 22.3 Å². The molecular formula is C35H45N3O5. The van der Waals surface area contributed by atoms with Crippen LogP contribution >= 0.6 is 0 Å². The Morgan fingerprint density at radius 2 is 1.51 bits per heavy atom. The van der Waals surface area contributed by atoms with Crippen LogP contribution in [-0.2, 0) is 27.3 Å². The van der Waals surface area contributed by atoms with Crippen molar-refractivity contribution in [3.05, 3.63) is 101 Å². The van der Waals surface area contributed by atoms with Crippen molar-refractivity contribution < 1.29 is 24.2 Å². The number of ether oxygens (including phenoxy) is 1. The summed E-state index contributed by atoms with van der Waals surface area (Å²) in [6, 6.07) is 19.6. The summed E-state index contributed by atoms with van der Waals surface area (Å²) in [5.41, 5.74) is 3.53. The Hall–Kier alpha value is -4.33. The molecule has 0 aromatic heterocycles. The summed E-state index contributed by atoms with van der Waals surface area (Å²) in [4.78, 5) is 43.3. The molecule has 3 N–H and O–H groups in total. The number of phenols is 1. The SMILES string of the molecule is CCC(C)N(C(=O)C(Cc1ccc(O)cc1)NC(=O)OC(C)(C)C)C(C(=O)NCc1ccccc1)c1cc(C)cc(C)c1. The maximum absolute atomic E-state index is 14.6. The fourth-order valence-electron chi connectivity index (χ4n) is 4.98. The maximum Gasteiger partial charge on any atom is 0.408 e. The number of hydrogen-bond donors (Lipinski definition) is 3. The lowest BCUT2D eigenvalue weighted by Gasteiger charge is -2.38. The number of phenolic OH excluding ortho intramolecular Hbond substituents is 1. The molecule has 0 spiro atoms. The number of aryl methyl sites for hydroxylation is 2. The van der Waals surface area contributed by atoms with Gasteiger partial charge in [0.2, 0.25) is 11.8 Å². The Balaban J connectivity index is 2.07. The number of benzene rings is 3. The van der Waals surface area contributed by atoms with Gasteiger partial charge in [0.25, 0.3) is 0 Å². The van der Waals surface area contributed by atoms with Gasteiger partial charge < -0.3 is 25.4 Å². The number of aromatic hydroxyl groups is 1. The molecule has 0 saturated heterocycles. The second-order valence-electron chi connectivity index (χ2n) is 12.1. The van der Waals surface area contributed by atoms with E-state index in [1.807, 2.05) is 76.2 Å². The number of amides is 3. The van der Waals surface area contributed by atoms with E-state index >= 15 is 0 Å². The maximum atomic E-state index is 14.6. The number of carbonyl (C=O) groups excluding carboxylic acids is 3. The van der Waals surface area contributed by atoms with Crippen LogP contribution in [0, 0.1) is 13.8 Å². The fraction of sp³-hybridized carbons (Fsp3) is 0.400. The topological polar surface area (TPSA) is 108 Å². The largest absolute Gasteiger partial charge is 0.508 e. The summed E-state index contributed by atoms with van der Waals surface area (Å²) >= 11 is 0. The lowest BCUT2D eigenvalue weighted by molar-refractivity contribution is -0.145. The molecule has 3 amide bonds. The Morgan fingerprint density at radius 3 is 2.07 bits per heavy atom. The smallest absolute Gasteiger partial charge is 0.408 e. The first-order chi connectivity index (χ1) is 20.3. The standard InChI is InChI=1S/C35H45N3O5/c1-8-25(4)38(33(41)30(37-34(42)43-35(5,6)7)21-26-14-16-29(39)17-15-26)31(28-19-23(2)18-24(3)20-28)32(40)36-22-27-12-10-9-11-13-27/h9-20,25,30-31,39H,8,21-22H2,1-7H3,(H,36,40)(H,37,42). The molecule has 3 aromatic carbocycles. The zero-order valence-electron chi connectivity index (χ0n) is 26.3. The van der Waals surface area contributed by atoms with Gasteiger partial charge in [-0.3, -0.25) is 9.59 Å². The number of hydrogen-bond acceptors (Lipinski definition) is 5. The second kappa shape index (κ2) is 14.7. The van der Waals surface area contributed by atoms with Gasteiger partial charge in [-0.15, -0.1) is 0 Å². The predicted molar refractivity (Wildman–Crippen MR) is 169 cm³/mol. The predicted octanol–water partition coefficient (Wildman–Crippen LogP) is 6.13. The molecule has 3 unspecified atom stereocenters. The quantitative estimate of drug-likeness (QED) is 0.250. The molecule has 8 heteroatoms. The minimum atomic E-state index is -1.04. The average molecular weight is 588 g/mol. The zero-order chi connectivity index (χ0) is 31.7. The van der Waals surface area contributed by atoms with E-state index in [2.05, 4.69) is 10.6 Å². The van der Waals surface area contributed by atoms with Gasteiger partial charge in [0.15, 0.2) is 0 Å². The van der Waals surface area contributed by atoms with Crippen LogP contribution in [0.1, 0.15) is 74.9 Å². The van der Waals surface area contributed by atoms with Crippen LogP contribution in [0.4, 0.5) is 4.79 Å². The first-order valence-electron chi connectivity index (χ1n) is 14.8. The molecule has 43 heavy (non-hydrogen) atoms. The highest BCUT2D eigenvalue weighted by Crippen LogP contribution is 2.29. The lowest BCUT2D eigenvalue weighted by Crippen LogP contribution is -2.56. The van der Waals surface area contributed by atoms with Crippen LogP contribution in [0.2, 0.25) is 0 Å². The average Bonchev–Trinajstić information content (AvgIpc) is 2.93. The van der Waals surface area contributed by atoms with Crippen LogP contribution < -0.4 is 10.6 Å². The van der Waals surface area contributed by atoms with Gasteiger partial charge in [0.1, 0.15) is 23.4 Å². The van der Waals surface area contributed by atoms with Gasteiger partial charge in [-0.2, -0.15) is 0 Å². The van der Waals surface area contributed by atoms with Crippen LogP contribution in [0.5, 0.6) is 5.75 Å². The van der Waals surface area contributed by atoms with Gasteiger partial charge >= 0.3 is 6.09 Å². The van der Waals surface area contributed by atoms with Crippen molar-refractivity contribution in [3.63, 3.8) is 0 Å². The van der Waals surface area contributed by atoms with Crippen molar-refractivity contribution in [2.24, 2.45) is 0 Å². The highest BCUT2D eigenvalue weighted by Gasteiger charge is 2.38. The molecule has 0 heterocycles. The van der Waals surface area contributed by atoms with E-state index in [-0.39, 0.29) is 24.1 Å². The lowest BCUT2D eigenvalue weighted by atomic mass is 9.95. The summed E-state index contributed by atoms with van der Waals surface area (Å²) in [6.45, 7) is 13.3. The third kappa shape index (κ3) is 9.87. The number of alkyl carbamates (subject to hydrolysis) is 1. The summed E-state index contributed by atoms with van der Waals surface area (Å²) < 4.78 is 5.51. The molecule has 0 saturated carbocycles. The highest BCUT2D eigenvalue weighted by molar-refractivity contribution is 5.92. The van der Waals surface area contributed by atoms with Crippen molar-refractivity contribution in [2.75, 3.05) is 0 Å². The number of rotatable bonds is 11. The normalized spacial score (nSPS) is 13.4. The highest BCUT2D eigenvalue weighted by atomic mass is 16.6. The first-order valence-corrected chi connectivity index (χ1v) is 14.8. The van der Waals surface area contributed by atoms with Gasteiger partial charge in [-0.05, 0) is 76.8 Å². The number of carbonyl (C=O) groups is 3. The van der Waals surface area contributed by atoms with Crippen LogP contribution in [0.3, 0.4) is 0 Å². The summed E-state index contributed by atoms with van der Waals surface area (Å²) in [5, 5.41) is 15.6. The summed E-state index contributed by atoms with van der Waals surface area (Å²) in [7, 11) is 0. The fourth-order valence-corrected chi connectivity index (χ4v) is 4.98. The third-order valence-electron chi connectivity index (χ3n) is 7.08. The Kier molecular flexibility index (Phi) is 11.4. The molecule has 0 aliphatic carbocycles. The Bertz CT molecular complexity index is 1360. The van der Waals surface area contributed by atoms with E-state index in [0.29, 0.717) is 18.5 Å². The van der Waals surface area contributed by atoms with E-state index < -0.39 is 29.7 Å². The molecular weight excluding hydrogens is 542 g/mol. The van der Waals surface area contributed by atoms with Crippen LogP contribution in [0.25, 0.3) is 0 Å². The molecule has 0 aliphatic heterocycles. The van der Waals surface area contributed by atoms with E-state index in [1.165, 1.54) is 12.1 Å². The van der Waals surface area contributed by atoms with Gasteiger partial charge in [-0.1, -0.05) is 78.7 Å². The molecule has 0 fully saturated rings. The molecule has 0 radical (unpaired) electrons. The minimum Gasteiger partial charge on any atom is -0.508 e. The zero-order valence-corrected chi connectivity index (χ0v) is 26.3. The molecule has 230 valence electrons. The van der Waals surface area contributed by atoms with Gasteiger partial charge in [-0.25, -0.2) is 4.79 Å². The van der Waals surface area contributed by atoms with Crippen molar-refractivity contribution >= 4 is 17.9 Å². The third-order valence-corrected chi connectivity index (χ3v) is 7.08. The van der Waals surface area contributed by atoms with Crippen molar-refractivity contribution in [2.45, 2.75) is 91.6 Å². The van der Waals surface area contributed by atoms with Crippen molar-refractivity contribution in [1.29, 1.82) is 0 Å². The molecule has 3 rings (SSSR count). The van der Waals surface area contributed by atoms with Crippen molar-refractivity contribution in [3.8, 4) is 5.75 Å². The van der Waals surface area contributed by atoms with E-state index in [9.17, 15) is 19.5 Å². The number of nitrogens with one attached hydrogen (secondary N) is 2. The van der Waals surface area contributed by atoms with Gasteiger partial charge in [0.05, 0.1) is 0 Å². The molecule has 3 aromatic rings. The van der Waals surface area contributed by atoms with Crippen LogP contribution in [-0.4, -0.2) is 45.6 Å². The molecule has 0 bridgehead atoms. The molecule has 0 aliphatic rings. The Labute approximate surface area is 255 Å². The second-order valence-corrected chi connectivity index (χ2v) is 12.1. The summed E-state index contributed by atoms with van der Waals surface area (Å²) in [6.07, 6.45) is -0.0152.